The maximum Gasteiger partial charge on any atom is 0.327 e. The van der Waals surface area contributed by atoms with E-state index in [1.54, 1.807) is 13.0 Å². The van der Waals surface area contributed by atoms with Crippen LogP contribution in [0.4, 0.5) is 0 Å². The summed E-state index contributed by atoms with van der Waals surface area (Å²) in [5.74, 6) is -0.821. The van der Waals surface area contributed by atoms with Crippen LogP contribution in [0.5, 0.6) is 0 Å². The van der Waals surface area contributed by atoms with E-state index in [-0.39, 0.29) is 11.3 Å². The van der Waals surface area contributed by atoms with Crippen molar-refractivity contribution in [3.63, 3.8) is 0 Å². The van der Waals surface area contributed by atoms with E-state index in [0.717, 1.165) is 0 Å². The van der Waals surface area contributed by atoms with E-state index in [0.29, 0.717) is 29.1 Å². The molecule has 0 radical (unpaired) electrons. The summed E-state index contributed by atoms with van der Waals surface area (Å²) in [7, 11) is 0. The van der Waals surface area contributed by atoms with Crippen LogP contribution in [-0.4, -0.2) is 49.2 Å². The molecule has 1 aliphatic rings. The minimum atomic E-state index is -0.966. The number of carboxylic acids is 1. The first-order valence-electron chi connectivity index (χ1n) is 6.46. The lowest BCUT2D eigenvalue weighted by atomic mass is 10.1. The van der Waals surface area contributed by atoms with Crippen LogP contribution in [0.15, 0.2) is 6.07 Å². The van der Waals surface area contributed by atoms with Gasteiger partial charge >= 0.3 is 5.97 Å². The number of aliphatic carboxylic acids is 1. The third-order valence-corrected chi connectivity index (χ3v) is 4.52. The van der Waals surface area contributed by atoms with E-state index in [2.05, 4.69) is 10.2 Å². The molecule has 0 bridgehead atoms. The fraction of sp³-hybridized carbons (Fsp3) is 0.538. The highest BCUT2D eigenvalue weighted by atomic mass is 32.2. The normalized spacial score (nSPS) is 22.1. The molecule has 1 fully saturated rings. The summed E-state index contributed by atoms with van der Waals surface area (Å²) in [5.41, 5.74) is 1.71. The van der Waals surface area contributed by atoms with Crippen LogP contribution < -0.4 is 0 Å². The van der Waals surface area contributed by atoms with Gasteiger partial charge in [0.25, 0.3) is 5.91 Å². The molecule has 2 unspecified atom stereocenters. The fourth-order valence-corrected chi connectivity index (χ4v) is 3.41. The predicted octanol–water partition coefficient (Wildman–Crippen LogP) is 1.34. The van der Waals surface area contributed by atoms with E-state index in [1.807, 2.05) is 13.8 Å². The number of carbonyl (C=O) groups is 2. The second kappa shape index (κ2) is 5.78. The molecule has 6 nitrogen and oxygen atoms in total. The second-order valence-corrected chi connectivity index (χ2v) is 6.05. The van der Waals surface area contributed by atoms with Crippen LogP contribution >= 0.6 is 11.8 Å². The van der Waals surface area contributed by atoms with Gasteiger partial charge in [0.05, 0.1) is 22.3 Å². The van der Waals surface area contributed by atoms with Crippen LogP contribution in [0.1, 0.15) is 35.6 Å². The van der Waals surface area contributed by atoms with Crippen molar-refractivity contribution in [2.24, 2.45) is 0 Å². The second-order valence-electron chi connectivity index (χ2n) is 4.70. The summed E-state index contributed by atoms with van der Waals surface area (Å²) < 4.78 is 0. The standard InChI is InChI=1S/C13H17N3O3S/c1-4-10-9(5-7(2)14-15-10)12(17)16-8(3)20-6-11(16)13(18)19/h5,8,11H,4,6H2,1-3H3,(H,18,19). The molecule has 2 rings (SSSR count). The maximum atomic E-state index is 12.7. The lowest BCUT2D eigenvalue weighted by Gasteiger charge is -2.25. The van der Waals surface area contributed by atoms with Gasteiger partial charge in [-0.05, 0) is 26.3 Å². The molecule has 20 heavy (non-hydrogen) atoms. The number of thioether (sulfide) groups is 1. The molecule has 1 N–H and O–H groups in total. The summed E-state index contributed by atoms with van der Waals surface area (Å²) in [6.45, 7) is 5.51. The molecule has 1 aromatic rings. The van der Waals surface area contributed by atoms with Crippen molar-refractivity contribution in [3.05, 3.63) is 23.0 Å². The third kappa shape index (κ3) is 2.63. The van der Waals surface area contributed by atoms with Gasteiger partial charge in [-0.1, -0.05) is 6.92 Å². The molecule has 7 heteroatoms. The van der Waals surface area contributed by atoms with E-state index in [4.69, 9.17) is 0 Å². The summed E-state index contributed by atoms with van der Waals surface area (Å²) in [5, 5.41) is 17.1. The number of carboxylic acid groups (broad SMARTS) is 1. The first kappa shape index (κ1) is 14.8. The molecule has 1 aromatic heterocycles. The number of hydrogen-bond donors (Lipinski definition) is 1. The lowest BCUT2D eigenvalue weighted by molar-refractivity contribution is -0.141. The van der Waals surface area contributed by atoms with Crippen molar-refractivity contribution in [2.75, 3.05) is 5.75 Å². The van der Waals surface area contributed by atoms with Gasteiger partial charge in [-0.2, -0.15) is 10.2 Å². The van der Waals surface area contributed by atoms with E-state index < -0.39 is 12.0 Å². The van der Waals surface area contributed by atoms with Crippen LogP contribution in [0, 0.1) is 6.92 Å². The molecule has 0 spiro atoms. The van der Waals surface area contributed by atoms with Gasteiger partial charge in [0.15, 0.2) is 0 Å². The molecular formula is C13H17N3O3S. The Morgan fingerprint density at radius 1 is 1.50 bits per heavy atom. The zero-order valence-electron chi connectivity index (χ0n) is 11.7. The molecule has 2 atom stereocenters. The third-order valence-electron chi connectivity index (χ3n) is 3.30. The van der Waals surface area contributed by atoms with E-state index in [9.17, 15) is 14.7 Å². The molecule has 0 saturated carbocycles. The minimum absolute atomic E-state index is 0.151. The quantitative estimate of drug-likeness (QED) is 0.906. The zero-order chi connectivity index (χ0) is 14.9. The SMILES string of the molecule is CCc1nnc(C)cc1C(=O)N1C(C)SCC1C(=O)O. The largest absolute Gasteiger partial charge is 0.480 e. The van der Waals surface area contributed by atoms with Gasteiger partial charge in [-0.3, -0.25) is 4.79 Å². The Bertz CT molecular complexity index is 550. The van der Waals surface area contributed by atoms with E-state index >= 15 is 0 Å². The van der Waals surface area contributed by atoms with E-state index in [1.165, 1.54) is 16.7 Å². The Labute approximate surface area is 121 Å². The average molecular weight is 295 g/mol. The molecule has 1 amide bonds. The Balaban J connectivity index is 2.39. The Morgan fingerprint density at radius 3 is 2.80 bits per heavy atom. The van der Waals surface area contributed by atoms with Crippen molar-refractivity contribution < 1.29 is 14.7 Å². The Kier molecular flexibility index (Phi) is 4.27. The Morgan fingerprint density at radius 2 is 2.20 bits per heavy atom. The summed E-state index contributed by atoms with van der Waals surface area (Å²) in [4.78, 5) is 25.4. The van der Waals surface area contributed by atoms with Crippen molar-refractivity contribution >= 4 is 23.6 Å². The van der Waals surface area contributed by atoms with Crippen molar-refractivity contribution in [1.29, 1.82) is 0 Å². The van der Waals surface area contributed by atoms with Gasteiger partial charge in [-0.15, -0.1) is 11.8 Å². The molecular weight excluding hydrogens is 278 g/mol. The monoisotopic (exact) mass is 295 g/mol. The van der Waals surface area contributed by atoms with Gasteiger partial charge < -0.3 is 10.0 Å². The highest BCUT2D eigenvalue weighted by Gasteiger charge is 2.40. The van der Waals surface area contributed by atoms with Crippen molar-refractivity contribution in [3.8, 4) is 0 Å². The van der Waals surface area contributed by atoms with Gasteiger partial charge in [0.2, 0.25) is 0 Å². The molecule has 1 saturated heterocycles. The van der Waals surface area contributed by atoms with Gasteiger partial charge in [-0.25, -0.2) is 4.79 Å². The summed E-state index contributed by atoms with van der Waals surface area (Å²) >= 11 is 1.47. The molecule has 0 aliphatic carbocycles. The van der Waals surface area contributed by atoms with Crippen LogP contribution in [0.2, 0.25) is 0 Å². The highest BCUT2D eigenvalue weighted by molar-refractivity contribution is 8.00. The predicted molar refractivity (Wildman–Crippen MR) is 75.7 cm³/mol. The van der Waals surface area contributed by atoms with Crippen LogP contribution in [0.25, 0.3) is 0 Å². The minimum Gasteiger partial charge on any atom is -0.480 e. The van der Waals surface area contributed by atoms with Gasteiger partial charge in [0.1, 0.15) is 6.04 Å². The van der Waals surface area contributed by atoms with Crippen molar-refractivity contribution in [1.82, 2.24) is 15.1 Å². The molecule has 0 aromatic carbocycles. The number of rotatable bonds is 3. The molecule has 2 heterocycles. The Hall–Kier alpha value is -1.63. The molecule has 1 aliphatic heterocycles. The van der Waals surface area contributed by atoms with Gasteiger partial charge in [0, 0.05) is 5.75 Å². The molecule has 108 valence electrons. The summed E-state index contributed by atoms with van der Waals surface area (Å²) in [6.07, 6.45) is 0.585. The smallest absolute Gasteiger partial charge is 0.327 e. The lowest BCUT2D eigenvalue weighted by Crippen LogP contribution is -2.45. The number of amides is 1. The first-order chi connectivity index (χ1) is 9.45. The average Bonchev–Trinajstić information content (AvgIpc) is 2.80. The highest BCUT2D eigenvalue weighted by Crippen LogP contribution is 2.30. The zero-order valence-corrected chi connectivity index (χ0v) is 12.5. The first-order valence-corrected chi connectivity index (χ1v) is 7.50. The number of aryl methyl sites for hydroxylation is 2. The fourth-order valence-electron chi connectivity index (χ4n) is 2.24. The van der Waals surface area contributed by atoms with Crippen molar-refractivity contribution in [2.45, 2.75) is 38.6 Å². The number of hydrogen-bond acceptors (Lipinski definition) is 5. The number of carbonyl (C=O) groups excluding carboxylic acids is 1. The number of nitrogens with zero attached hydrogens (tertiary/aromatic N) is 3. The maximum absolute atomic E-state index is 12.7. The van der Waals surface area contributed by atoms with Crippen LogP contribution in [-0.2, 0) is 11.2 Å². The van der Waals surface area contributed by atoms with Crippen LogP contribution in [0.3, 0.4) is 0 Å². The number of aromatic nitrogens is 2. The summed E-state index contributed by atoms with van der Waals surface area (Å²) in [6, 6.07) is 0.906. The topological polar surface area (TPSA) is 83.4 Å².